The molecule has 0 aliphatic rings. The van der Waals surface area contributed by atoms with E-state index in [-0.39, 0.29) is 5.78 Å². The lowest BCUT2D eigenvalue weighted by molar-refractivity contribution is -0.194. The van der Waals surface area contributed by atoms with Gasteiger partial charge in [0.15, 0.2) is 0 Å². The van der Waals surface area contributed by atoms with Crippen LogP contribution < -0.4 is 0 Å². The van der Waals surface area contributed by atoms with E-state index < -0.39 is 5.79 Å². The second kappa shape index (κ2) is 5.72. The Bertz CT molecular complexity index is 182. The number of ketones is 1. The van der Waals surface area contributed by atoms with Crippen molar-refractivity contribution >= 4 is 5.78 Å². The molecule has 0 spiro atoms. The van der Waals surface area contributed by atoms with E-state index in [1.165, 1.54) is 26.6 Å². The zero-order valence-corrected chi connectivity index (χ0v) is 8.49. The van der Waals surface area contributed by atoms with Crippen LogP contribution in [0.15, 0.2) is 12.3 Å². The highest BCUT2D eigenvalue weighted by atomic mass is 16.7. The van der Waals surface area contributed by atoms with Crippen LogP contribution in [-0.2, 0) is 19.0 Å². The summed E-state index contributed by atoms with van der Waals surface area (Å²) in [6, 6.07) is 0. The lowest BCUT2D eigenvalue weighted by atomic mass is 10.2. The van der Waals surface area contributed by atoms with E-state index in [9.17, 15) is 4.79 Å². The first kappa shape index (κ1) is 12.1. The number of hydrogen-bond donors (Lipinski definition) is 0. The maximum Gasteiger partial charge on any atom is 0.229 e. The van der Waals surface area contributed by atoms with Gasteiger partial charge in [0.1, 0.15) is 0 Å². The number of methoxy groups -OCH3 is 2. The van der Waals surface area contributed by atoms with E-state index in [1.807, 2.05) is 6.92 Å². The van der Waals surface area contributed by atoms with Crippen LogP contribution in [0.2, 0.25) is 0 Å². The predicted octanol–water partition coefficient (Wildman–Crippen LogP) is 1.11. The molecule has 0 aromatic heterocycles. The summed E-state index contributed by atoms with van der Waals surface area (Å²) in [5.41, 5.74) is 0. The van der Waals surface area contributed by atoms with Crippen LogP contribution in [-0.4, -0.2) is 32.4 Å². The number of carbonyl (C=O) groups excluding carboxylic acids is 1. The molecule has 0 radical (unpaired) electrons. The summed E-state index contributed by atoms with van der Waals surface area (Å²) in [5.74, 6) is -1.50. The van der Waals surface area contributed by atoms with Crippen LogP contribution in [0.1, 0.15) is 13.8 Å². The first-order valence-electron chi connectivity index (χ1n) is 4.03. The molecule has 4 heteroatoms. The molecule has 0 aromatic carbocycles. The normalized spacial score (nSPS) is 12.0. The molecule has 0 bridgehead atoms. The van der Waals surface area contributed by atoms with Crippen LogP contribution in [0.25, 0.3) is 0 Å². The van der Waals surface area contributed by atoms with Gasteiger partial charge in [-0.2, -0.15) is 0 Å². The van der Waals surface area contributed by atoms with Gasteiger partial charge in [0.2, 0.25) is 11.6 Å². The van der Waals surface area contributed by atoms with Crippen LogP contribution in [0.4, 0.5) is 0 Å². The first-order chi connectivity index (χ1) is 6.10. The molecule has 13 heavy (non-hydrogen) atoms. The Morgan fingerprint density at radius 3 is 2.31 bits per heavy atom. The molecule has 0 aliphatic carbocycles. The molecule has 0 fully saturated rings. The van der Waals surface area contributed by atoms with Gasteiger partial charge in [0.05, 0.1) is 12.9 Å². The molecular weight excluding hydrogens is 172 g/mol. The monoisotopic (exact) mass is 188 g/mol. The number of ether oxygens (including phenoxy) is 3. The summed E-state index contributed by atoms with van der Waals surface area (Å²) in [4.78, 5) is 11.4. The van der Waals surface area contributed by atoms with Crippen LogP contribution in [0.3, 0.4) is 0 Å². The molecule has 0 rings (SSSR count). The Morgan fingerprint density at radius 1 is 1.38 bits per heavy atom. The fourth-order valence-electron chi connectivity index (χ4n) is 0.642. The van der Waals surface area contributed by atoms with Crippen LogP contribution >= 0.6 is 0 Å². The smallest absolute Gasteiger partial charge is 0.229 e. The zero-order valence-electron chi connectivity index (χ0n) is 8.49. The van der Waals surface area contributed by atoms with E-state index in [2.05, 4.69) is 0 Å². The summed E-state index contributed by atoms with van der Waals surface area (Å²) in [6.45, 7) is 3.91. The van der Waals surface area contributed by atoms with Gasteiger partial charge in [0.25, 0.3) is 0 Å². The van der Waals surface area contributed by atoms with E-state index in [0.717, 1.165) is 0 Å². The van der Waals surface area contributed by atoms with Crippen molar-refractivity contribution in [1.82, 2.24) is 0 Å². The number of rotatable bonds is 6. The molecule has 0 atom stereocenters. The average Bonchev–Trinajstić information content (AvgIpc) is 2.17. The molecule has 0 amide bonds. The van der Waals surface area contributed by atoms with Crippen molar-refractivity contribution in [2.24, 2.45) is 0 Å². The Morgan fingerprint density at radius 2 is 1.92 bits per heavy atom. The van der Waals surface area contributed by atoms with Crippen molar-refractivity contribution < 1.29 is 19.0 Å². The highest BCUT2D eigenvalue weighted by Crippen LogP contribution is 2.11. The van der Waals surface area contributed by atoms with Gasteiger partial charge in [-0.1, -0.05) is 0 Å². The van der Waals surface area contributed by atoms with Gasteiger partial charge in [-0.3, -0.25) is 4.79 Å². The molecule has 0 saturated heterocycles. The largest absolute Gasteiger partial charge is 0.501 e. The third-order valence-electron chi connectivity index (χ3n) is 1.71. The SMILES string of the molecule is CCOC=CC(=O)C(C)(OC)OC. The van der Waals surface area contributed by atoms with Crippen molar-refractivity contribution in [2.45, 2.75) is 19.6 Å². The second-order valence-electron chi connectivity index (χ2n) is 2.48. The van der Waals surface area contributed by atoms with Gasteiger partial charge >= 0.3 is 0 Å². The summed E-state index contributed by atoms with van der Waals surface area (Å²) in [7, 11) is 2.83. The number of carbonyl (C=O) groups is 1. The molecule has 0 saturated carbocycles. The molecule has 0 N–H and O–H groups in total. The lowest BCUT2D eigenvalue weighted by Gasteiger charge is -2.22. The lowest BCUT2D eigenvalue weighted by Crippen LogP contribution is -2.38. The summed E-state index contributed by atoms with van der Waals surface area (Å²) in [5, 5.41) is 0. The summed E-state index contributed by atoms with van der Waals surface area (Å²) >= 11 is 0. The van der Waals surface area contributed by atoms with Gasteiger partial charge < -0.3 is 14.2 Å². The Hall–Kier alpha value is -0.870. The Balaban J connectivity index is 4.22. The third kappa shape index (κ3) is 3.57. The molecule has 0 heterocycles. The predicted molar refractivity (Wildman–Crippen MR) is 48.2 cm³/mol. The van der Waals surface area contributed by atoms with E-state index in [4.69, 9.17) is 14.2 Å². The minimum atomic E-state index is -1.21. The highest BCUT2D eigenvalue weighted by molar-refractivity contribution is 5.95. The summed E-state index contributed by atoms with van der Waals surface area (Å²) < 4.78 is 14.7. The molecular formula is C9H16O4. The molecule has 0 unspecified atom stereocenters. The number of hydrogen-bond acceptors (Lipinski definition) is 4. The van der Waals surface area contributed by atoms with Gasteiger partial charge in [-0.15, -0.1) is 0 Å². The molecule has 4 nitrogen and oxygen atoms in total. The zero-order chi connectivity index (χ0) is 10.3. The average molecular weight is 188 g/mol. The van der Waals surface area contributed by atoms with Crippen LogP contribution in [0.5, 0.6) is 0 Å². The van der Waals surface area contributed by atoms with Crippen molar-refractivity contribution in [2.75, 3.05) is 20.8 Å². The molecule has 76 valence electrons. The van der Waals surface area contributed by atoms with Crippen molar-refractivity contribution in [3.63, 3.8) is 0 Å². The second-order valence-corrected chi connectivity index (χ2v) is 2.48. The standard InChI is InChI=1S/C9H16O4/c1-5-13-7-6-8(10)9(2,11-3)12-4/h6-7H,5H2,1-4H3. The Labute approximate surface area is 78.5 Å². The van der Waals surface area contributed by atoms with Crippen LogP contribution in [0, 0.1) is 0 Å². The van der Waals surface area contributed by atoms with Gasteiger partial charge in [-0.05, 0) is 13.8 Å². The third-order valence-corrected chi connectivity index (χ3v) is 1.71. The Kier molecular flexibility index (Phi) is 5.34. The van der Waals surface area contributed by atoms with E-state index in [1.54, 1.807) is 6.92 Å². The minimum absolute atomic E-state index is 0.286. The summed E-state index contributed by atoms with van der Waals surface area (Å²) in [6.07, 6.45) is 2.62. The topological polar surface area (TPSA) is 44.8 Å². The van der Waals surface area contributed by atoms with Crippen molar-refractivity contribution in [1.29, 1.82) is 0 Å². The van der Waals surface area contributed by atoms with E-state index >= 15 is 0 Å². The van der Waals surface area contributed by atoms with E-state index in [0.29, 0.717) is 6.61 Å². The molecule has 0 aromatic rings. The fourth-order valence-corrected chi connectivity index (χ4v) is 0.642. The molecule has 0 aliphatic heterocycles. The maximum atomic E-state index is 11.4. The van der Waals surface area contributed by atoms with Gasteiger partial charge in [-0.25, -0.2) is 0 Å². The minimum Gasteiger partial charge on any atom is -0.501 e. The highest BCUT2D eigenvalue weighted by Gasteiger charge is 2.30. The quantitative estimate of drug-likeness (QED) is 0.356. The first-order valence-corrected chi connectivity index (χ1v) is 4.03. The maximum absolute atomic E-state index is 11.4. The van der Waals surface area contributed by atoms with Gasteiger partial charge in [0, 0.05) is 20.3 Å². The van der Waals surface area contributed by atoms with Crippen molar-refractivity contribution in [3.05, 3.63) is 12.3 Å². The fraction of sp³-hybridized carbons (Fsp3) is 0.667. The van der Waals surface area contributed by atoms with Crippen molar-refractivity contribution in [3.8, 4) is 0 Å².